The zero-order valence-corrected chi connectivity index (χ0v) is 9.89. The van der Waals surface area contributed by atoms with E-state index in [1.54, 1.807) is 7.05 Å². The maximum atomic E-state index is 13.4. The fourth-order valence-corrected chi connectivity index (χ4v) is 1.90. The Labute approximate surface area is 99.1 Å². The van der Waals surface area contributed by atoms with Gasteiger partial charge in [0.05, 0.1) is 0 Å². The fourth-order valence-electron chi connectivity index (χ4n) is 1.36. The van der Waals surface area contributed by atoms with Crippen molar-refractivity contribution >= 4 is 15.9 Å². The Hall–Kier alpha value is -1.34. The highest BCUT2D eigenvalue weighted by Crippen LogP contribution is 2.26. The first kappa shape index (κ1) is 11.2. The van der Waals surface area contributed by atoms with Crippen molar-refractivity contribution in [2.75, 3.05) is 0 Å². The van der Waals surface area contributed by atoms with E-state index in [0.717, 1.165) is 0 Å². The van der Waals surface area contributed by atoms with E-state index < -0.39 is 11.9 Å². The summed E-state index contributed by atoms with van der Waals surface area (Å²) >= 11 is 3.13. The number of nitrogens with zero attached hydrogens (tertiary/aromatic N) is 4. The zero-order valence-electron chi connectivity index (χ0n) is 8.30. The molecular weight excluding hydrogens is 279 g/mol. The second-order valence-electron chi connectivity index (χ2n) is 3.16. The minimum absolute atomic E-state index is 0.0476. The molecule has 0 aliphatic heterocycles. The summed E-state index contributed by atoms with van der Waals surface area (Å²) in [5.74, 6) is -0.567. The maximum Gasteiger partial charge on any atom is 0.154 e. The third-order valence-electron chi connectivity index (χ3n) is 2.13. The largest absolute Gasteiger partial charge is 0.380 e. The first-order chi connectivity index (χ1) is 7.61. The molecule has 0 aromatic carbocycles. The first-order valence-electron chi connectivity index (χ1n) is 4.45. The molecule has 0 aliphatic rings. The van der Waals surface area contributed by atoms with Crippen molar-refractivity contribution in [3.05, 3.63) is 40.1 Å². The Morgan fingerprint density at radius 1 is 1.56 bits per heavy atom. The van der Waals surface area contributed by atoms with Crippen LogP contribution in [0.4, 0.5) is 4.39 Å². The molecular formula is C9H8BrFN4O. The van der Waals surface area contributed by atoms with Crippen LogP contribution in [0, 0.1) is 5.82 Å². The molecule has 1 N–H and O–H groups in total. The molecule has 1 atom stereocenters. The van der Waals surface area contributed by atoms with Crippen LogP contribution in [0.2, 0.25) is 0 Å². The molecule has 0 aliphatic carbocycles. The molecule has 7 heteroatoms. The zero-order chi connectivity index (χ0) is 11.7. The highest BCUT2D eigenvalue weighted by molar-refractivity contribution is 9.10. The molecule has 0 saturated heterocycles. The topological polar surface area (TPSA) is 63.8 Å². The average Bonchev–Trinajstić information content (AvgIpc) is 2.58. The molecule has 2 aromatic rings. The van der Waals surface area contributed by atoms with E-state index in [9.17, 15) is 9.50 Å². The number of hydrogen-bond donors (Lipinski definition) is 1. The molecule has 2 heterocycles. The quantitative estimate of drug-likeness (QED) is 0.901. The van der Waals surface area contributed by atoms with Crippen molar-refractivity contribution in [1.82, 2.24) is 20.0 Å². The molecule has 16 heavy (non-hydrogen) atoms. The van der Waals surface area contributed by atoms with Crippen molar-refractivity contribution in [2.45, 2.75) is 6.10 Å². The first-order valence-corrected chi connectivity index (χ1v) is 5.24. The predicted octanol–water partition coefficient (Wildman–Crippen LogP) is 1.19. The van der Waals surface area contributed by atoms with Crippen molar-refractivity contribution in [2.24, 2.45) is 7.05 Å². The van der Waals surface area contributed by atoms with Gasteiger partial charge in [-0.2, -0.15) is 0 Å². The number of aliphatic hydroxyl groups is 1. The van der Waals surface area contributed by atoms with Gasteiger partial charge in [0.2, 0.25) is 0 Å². The third kappa shape index (κ3) is 1.83. The van der Waals surface area contributed by atoms with Crippen molar-refractivity contribution in [3.8, 4) is 0 Å². The van der Waals surface area contributed by atoms with Crippen LogP contribution in [0.3, 0.4) is 0 Å². The normalized spacial score (nSPS) is 12.8. The summed E-state index contributed by atoms with van der Waals surface area (Å²) in [4.78, 5) is 3.80. The van der Waals surface area contributed by atoms with Crippen LogP contribution in [0.5, 0.6) is 0 Å². The van der Waals surface area contributed by atoms with E-state index in [-0.39, 0.29) is 5.69 Å². The molecule has 5 nitrogen and oxygen atoms in total. The van der Waals surface area contributed by atoms with Gasteiger partial charge in [-0.05, 0) is 28.1 Å². The SMILES string of the molecule is Cn1nnc(Br)c1C(O)c1ncccc1F. The highest BCUT2D eigenvalue weighted by atomic mass is 79.9. The fraction of sp³-hybridized carbons (Fsp3) is 0.222. The maximum absolute atomic E-state index is 13.4. The molecule has 84 valence electrons. The van der Waals surface area contributed by atoms with Crippen molar-refractivity contribution < 1.29 is 9.50 Å². The van der Waals surface area contributed by atoms with E-state index in [1.165, 1.54) is 23.0 Å². The lowest BCUT2D eigenvalue weighted by Crippen LogP contribution is -2.10. The van der Waals surface area contributed by atoms with Crippen molar-refractivity contribution in [3.63, 3.8) is 0 Å². The summed E-state index contributed by atoms with van der Waals surface area (Å²) in [5.41, 5.74) is 0.311. The van der Waals surface area contributed by atoms with Gasteiger partial charge in [-0.3, -0.25) is 4.98 Å². The molecule has 0 spiro atoms. The van der Waals surface area contributed by atoms with E-state index >= 15 is 0 Å². The van der Waals surface area contributed by atoms with Crippen LogP contribution in [0.25, 0.3) is 0 Å². The summed E-state index contributed by atoms with van der Waals surface area (Å²) in [6.45, 7) is 0. The summed E-state index contributed by atoms with van der Waals surface area (Å²) in [6, 6.07) is 2.70. The Morgan fingerprint density at radius 2 is 2.31 bits per heavy atom. The molecule has 0 fully saturated rings. The minimum atomic E-state index is -1.20. The Balaban J connectivity index is 2.47. The number of aryl methyl sites for hydroxylation is 1. The van der Waals surface area contributed by atoms with Gasteiger partial charge in [0, 0.05) is 13.2 Å². The van der Waals surface area contributed by atoms with Crippen molar-refractivity contribution in [1.29, 1.82) is 0 Å². The lowest BCUT2D eigenvalue weighted by atomic mass is 10.1. The standard InChI is InChI=1S/C9H8BrFN4O/c1-15-7(9(10)13-14-15)8(16)6-5(11)3-2-4-12-6/h2-4,8,16H,1H3. The Morgan fingerprint density at radius 3 is 2.88 bits per heavy atom. The summed E-state index contributed by atoms with van der Waals surface area (Å²) in [5, 5.41) is 17.4. The summed E-state index contributed by atoms with van der Waals surface area (Å²) in [7, 11) is 1.61. The van der Waals surface area contributed by atoms with Gasteiger partial charge < -0.3 is 5.11 Å². The van der Waals surface area contributed by atoms with Gasteiger partial charge >= 0.3 is 0 Å². The predicted molar refractivity (Wildman–Crippen MR) is 57.0 cm³/mol. The molecule has 2 aromatic heterocycles. The van der Waals surface area contributed by atoms with Gasteiger partial charge in [-0.1, -0.05) is 5.21 Å². The second-order valence-corrected chi connectivity index (χ2v) is 3.91. The van der Waals surface area contributed by atoms with E-state index in [4.69, 9.17) is 0 Å². The van der Waals surface area contributed by atoms with Gasteiger partial charge in [-0.15, -0.1) is 5.10 Å². The third-order valence-corrected chi connectivity index (χ3v) is 2.70. The molecule has 0 radical (unpaired) electrons. The molecule has 1 unspecified atom stereocenters. The summed E-state index contributed by atoms with van der Waals surface area (Å²) < 4.78 is 15.1. The molecule has 0 amide bonds. The van der Waals surface area contributed by atoms with Gasteiger partial charge in [0.15, 0.2) is 4.60 Å². The molecule has 0 bridgehead atoms. The second kappa shape index (κ2) is 4.26. The smallest absolute Gasteiger partial charge is 0.154 e. The van der Waals surface area contributed by atoms with Crippen LogP contribution in [-0.4, -0.2) is 25.1 Å². The minimum Gasteiger partial charge on any atom is -0.380 e. The number of aromatic nitrogens is 4. The number of hydrogen-bond acceptors (Lipinski definition) is 4. The van der Waals surface area contributed by atoms with E-state index in [0.29, 0.717) is 10.3 Å². The Bertz CT molecular complexity index is 496. The van der Waals surface area contributed by atoms with Crippen LogP contribution >= 0.6 is 15.9 Å². The summed E-state index contributed by atoms with van der Waals surface area (Å²) in [6.07, 6.45) is 0.217. The van der Waals surface area contributed by atoms with E-state index in [2.05, 4.69) is 31.2 Å². The average molecular weight is 287 g/mol. The number of rotatable bonds is 2. The monoisotopic (exact) mass is 286 g/mol. The van der Waals surface area contributed by atoms with E-state index in [1.807, 2.05) is 0 Å². The van der Waals surface area contributed by atoms with Crippen LogP contribution in [-0.2, 0) is 7.05 Å². The van der Waals surface area contributed by atoms with Crippen LogP contribution in [0.15, 0.2) is 22.9 Å². The highest BCUT2D eigenvalue weighted by Gasteiger charge is 2.23. The Kier molecular flexibility index (Phi) is 2.97. The molecule has 0 saturated carbocycles. The van der Waals surface area contributed by atoms with Gasteiger partial charge in [0.1, 0.15) is 23.3 Å². The van der Waals surface area contributed by atoms with Gasteiger partial charge in [0.25, 0.3) is 0 Å². The van der Waals surface area contributed by atoms with Crippen LogP contribution in [0.1, 0.15) is 17.5 Å². The van der Waals surface area contributed by atoms with Crippen LogP contribution < -0.4 is 0 Å². The lowest BCUT2D eigenvalue weighted by Gasteiger charge is -2.10. The lowest BCUT2D eigenvalue weighted by molar-refractivity contribution is 0.198. The van der Waals surface area contributed by atoms with Gasteiger partial charge in [-0.25, -0.2) is 9.07 Å². The number of halogens is 2. The number of pyridine rings is 1. The molecule has 2 rings (SSSR count). The number of aliphatic hydroxyl groups excluding tert-OH is 1.